The molecule has 0 aromatic rings. The minimum Gasteiger partial charge on any atom is -0.388 e. The van der Waals surface area contributed by atoms with E-state index in [0.29, 0.717) is 6.42 Å². The Hall–Kier alpha value is -0.790. The summed E-state index contributed by atoms with van der Waals surface area (Å²) in [6.45, 7) is 3.34. The van der Waals surface area contributed by atoms with E-state index < -0.39 is 0 Å². The summed E-state index contributed by atoms with van der Waals surface area (Å²) in [5, 5.41) is 3.37. The van der Waals surface area contributed by atoms with Gasteiger partial charge >= 0.3 is 0 Å². The van der Waals surface area contributed by atoms with E-state index in [1.165, 1.54) is 12.8 Å². The largest absolute Gasteiger partial charge is 0.388 e. The second kappa shape index (κ2) is 3.52. The lowest BCUT2D eigenvalue weighted by atomic mass is 10.1. The maximum atomic E-state index is 10.9. The second-order valence-corrected chi connectivity index (χ2v) is 4.33. The average Bonchev–Trinajstić information content (AvgIpc) is 2.87. The minimum absolute atomic E-state index is 0.279. The molecule has 2 aliphatic carbocycles. The van der Waals surface area contributed by atoms with Crippen molar-refractivity contribution in [3.63, 3.8) is 0 Å². The van der Waals surface area contributed by atoms with E-state index in [0.717, 1.165) is 30.5 Å². The Morgan fingerprint density at radius 1 is 1.54 bits per heavy atom. The number of hydrogen-bond acceptors (Lipinski definition) is 2. The smallest absolute Gasteiger partial charge is 0.157 e. The fourth-order valence-corrected chi connectivity index (χ4v) is 1.86. The summed E-state index contributed by atoms with van der Waals surface area (Å²) < 4.78 is 0. The Bertz CT molecular complexity index is 240. The third-order valence-corrected chi connectivity index (χ3v) is 3.05. The van der Waals surface area contributed by atoms with Gasteiger partial charge < -0.3 is 5.32 Å². The van der Waals surface area contributed by atoms with Crippen molar-refractivity contribution in [1.82, 2.24) is 5.32 Å². The summed E-state index contributed by atoms with van der Waals surface area (Å²) in [5.41, 5.74) is 1.15. The van der Waals surface area contributed by atoms with Crippen LogP contribution in [0.2, 0.25) is 0 Å². The maximum absolute atomic E-state index is 10.9. The van der Waals surface area contributed by atoms with E-state index >= 15 is 0 Å². The topological polar surface area (TPSA) is 29.1 Å². The molecule has 1 fully saturated rings. The van der Waals surface area contributed by atoms with Gasteiger partial charge in [-0.3, -0.25) is 4.79 Å². The summed E-state index contributed by atoms with van der Waals surface area (Å²) in [7, 11) is 0. The molecule has 0 bridgehead atoms. The van der Waals surface area contributed by atoms with E-state index in [1.54, 1.807) is 6.08 Å². The SMILES string of the molecule is CC(CNC1=CC(=O)CC1)C1CC1. The zero-order chi connectivity index (χ0) is 9.26. The monoisotopic (exact) mass is 179 g/mol. The number of allylic oxidation sites excluding steroid dienone is 2. The molecule has 0 saturated heterocycles. The highest BCUT2D eigenvalue weighted by Crippen LogP contribution is 2.36. The molecule has 0 aliphatic heterocycles. The first-order chi connectivity index (χ1) is 6.25. The minimum atomic E-state index is 0.279. The lowest BCUT2D eigenvalue weighted by Gasteiger charge is -2.12. The third-order valence-electron chi connectivity index (χ3n) is 3.05. The molecule has 1 atom stereocenters. The molecule has 0 aromatic carbocycles. The Labute approximate surface area is 79.4 Å². The number of carbonyl (C=O) groups is 1. The molecule has 1 saturated carbocycles. The van der Waals surface area contributed by atoms with Crippen molar-refractivity contribution in [2.75, 3.05) is 6.54 Å². The standard InChI is InChI=1S/C11H17NO/c1-8(9-2-3-9)7-12-10-4-5-11(13)6-10/h6,8-9,12H,2-5,7H2,1H3. The third kappa shape index (κ3) is 2.33. The zero-order valence-electron chi connectivity index (χ0n) is 8.18. The van der Waals surface area contributed by atoms with Gasteiger partial charge in [-0.15, -0.1) is 0 Å². The van der Waals surface area contributed by atoms with Crippen LogP contribution in [0.15, 0.2) is 11.8 Å². The molecule has 72 valence electrons. The summed E-state index contributed by atoms with van der Waals surface area (Å²) in [6, 6.07) is 0. The number of ketones is 1. The van der Waals surface area contributed by atoms with Crippen LogP contribution in [0.1, 0.15) is 32.6 Å². The van der Waals surface area contributed by atoms with Crippen molar-refractivity contribution >= 4 is 5.78 Å². The molecule has 1 unspecified atom stereocenters. The Morgan fingerprint density at radius 3 is 2.85 bits per heavy atom. The van der Waals surface area contributed by atoms with Crippen LogP contribution in [-0.4, -0.2) is 12.3 Å². The first-order valence-electron chi connectivity index (χ1n) is 5.23. The second-order valence-electron chi connectivity index (χ2n) is 4.33. The molecule has 0 spiro atoms. The van der Waals surface area contributed by atoms with Crippen LogP contribution in [0.5, 0.6) is 0 Å². The van der Waals surface area contributed by atoms with Crippen molar-refractivity contribution < 1.29 is 4.79 Å². The molecule has 2 heteroatoms. The fraction of sp³-hybridized carbons (Fsp3) is 0.727. The fourth-order valence-electron chi connectivity index (χ4n) is 1.86. The summed E-state index contributed by atoms with van der Waals surface area (Å²) >= 11 is 0. The highest BCUT2D eigenvalue weighted by atomic mass is 16.1. The maximum Gasteiger partial charge on any atom is 0.157 e. The molecular weight excluding hydrogens is 162 g/mol. The lowest BCUT2D eigenvalue weighted by molar-refractivity contribution is -0.114. The predicted molar refractivity (Wildman–Crippen MR) is 52.2 cm³/mol. The summed E-state index contributed by atoms with van der Waals surface area (Å²) in [4.78, 5) is 10.9. The number of rotatable bonds is 4. The predicted octanol–water partition coefficient (Wildman–Crippen LogP) is 1.87. The van der Waals surface area contributed by atoms with Crippen LogP contribution in [0, 0.1) is 11.8 Å². The molecule has 2 aliphatic rings. The Morgan fingerprint density at radius 2 is 2.31 bits per heavy atom. The van der Waals surface area contributed by atoms with Crippen LogP contribution < -0.4 is 5.32 Å². The average molecular weight is 179 g/mol. The van der Waals surface area contributed by atoms with Crippen LogP contribution >= 0.6 is 0 Å². The van der Waals surface area contributed by atoms with E-state index in [-0.39, 0.29) is 5.78 Å². The van der Waals surface area contributed by atoms with Crippen molar-refractivity contribution in [3.8, 4) is 0 Å². The van der Waals surface area contributed by atoms with Crippen molar-refractivity contribution in [1.29, 1.82) is 0 Å². The number of carbonyl (C=O) groups excluding carboxylic acids is 1. The molecule has 0 aromatic heterocycles. The van der Waals surface area contributed by atoms with Crippen LogP contribution in [0.25, 0.3) is 0 Å². The molecule has 0 heterocycles. The zero-order valence-corrected chi connectivity index (χ0v) is 8.18. The highest BCUT2D eigenvalue weighted by molar-refractivity contribution is 5.92. The van der Waals surface area contributed by atoms with E-state index in [9.17, 15) is 4.79 Å². The summed E-state index contributed by atoms with van der Waals surface area (Å²) in [6.07, 6.45) is 6.21. The quantitative estimate of drug-likeness (QED) is 0.713. The van der Waals surface area contributed by atoms with Gasteiger partial charge in [0.25, 0.3) is 0 Å². The van der Waals surface area contributed by atoms with Gasteiger partial charge in [0.05, 0.1) is 0 Å². The van der Waals surface area contributed by atoms with Gasteiger partial charge in [0.15, 0.2) is 5.78 Å². The Kier molecular flexibility index (Phi) is 2.38. The Balaban J connectivity index is 1.72. The summed E-state index contributed by atoms with van der Waals surface area (Å²) in [5.74, 6) is 2.00. The van der Waals surface area contributed by atoms with Gasteiger partial charge in [0, 0.05) is 24.7 Å². The van der Waals surface area contributed by atoms with Crippen LogP contribution in [0.3, 0.4) is 0 Å². The van der Waals surface area contributed by atoms with Gasteiger partial charge in [-0.05, 0) is 31.1 Å². The van der Waals surface area contributed by atoms with Gasteiger partial charge in [0.1, 0.15) is 0 Å². The lowest BCUT2D eigenvalue weighted by Crippen LogP contribution is -2.20. The molecule has 2 nitrogen and oxygen atoms in total. The van der Waals surface area contributed by atoms with Gasteiger partial charge in [-0.25, -0.2) is 0 Å². The van der Waals surface area contributed by atoms with E-state index in [2.05, 4.69) is 12.2 Å². The molecule has 0 amide bonds. The van der Waals surface area contributed by atoms with E-state index in [4.69, 9.17) is 0 Å². The molecular formula is C11H17NO. The first kappa shape index (κ1) is 8.79. The van der Waals surface area contributed by atoms with Crippen LogP contribution in [-0.2, 0) is 4.79 Å². The molecule has 2 rings (SSSR count). The number of hydrogen-bond donors (Lipinski definition) is 1. The van der Waals surface area contributed by atoms with Gasteiger partial charge in [-0.1, -0.05) is 6.92 Å². The molecule has 13 heavy (non-hydrogen) atoms. The van der Waals surface area contributed by atoms with Crippen LogP contribution in [0.4, 0.5) is 0 Å². The molecule has 1 N–H and O–H groups in total. The van der Waals surface area contributed by atoms with E-state index in [1.807, 2.05) is 0 Å². The first-order valence-corrected chi connectivity index (χ1v) is 5.23. The van der Waals surface area contributed by atoms with Crippen molar-refractivity contribution in [2.45, 2.75) is 32.6 Å². The van der Waals surface area contributed by atoms with Gasteiger partial charge in [0.2, 0.25) is 0 Å². The van der Waals surface area contributed by atoms with Crippen molar-refractivity contribution in [2.24, 2.45) is 11.8 Å². The van der Waals surface area contributed by atoms with Crippen molar-refractivity contribution in [3.05, 3.63) is 11.8 Å². The normalized spacial score (nSPS) is 24.4. The van der Waals surface area contributed by atoms with Gasteiger partial charge in [-0.2, -0.15) is 0 Å². The molecule has 0 radical (unpaired) electrons. The highest BCUT2D eigenvalue weighted by Gasteiger charge is 2.27. The number of nitrogens with one attached hydrogen (secondary N) is 1.